The Balaban J connectivity index is 1.69. The Labute approximate surface area is 160 Å². The normalized spacial score (nSPS) is 11.8. The van der Waals surface area contributed by atoms with Crippen LogP contribution in [0.25, 0.3) is 17.3 Å². The van der Waals surface area contributed by atoms with Crippen molar-refractivity contribution in [2.75, 3.05) is 5.32 Å². The summed E-state index contributed by atoms with van der Waals surface area (Å²) in [4.78, 5) is 16.4. The van der Waals surface area contributed by atoms with E-state index in [-0.39, 0.29) is 5.91 Å². The smallest absolute Gasteiger partial charge is 0.331 e. The summed E-state index contributed by atoms with van der Waals surface area (Å²) in [5.41, 5.74) is 2.22. The number of amides is 1. The first kappa shape index (κ1) is 19.4. The first-order valence-corrected chi connectivity index (χ1v) is 8.49. The predicted octanol–water partition coefficient (Wildman–Crippen LogP) is 5.07. The fourth-order valence-corrected chi connectivity index (χ4v) is 2.67. The van der Waals surface area contributed by atoms with Crippen LogP contribution in [0.1, 0.15) is 17.0 Å². The molecular weight excluding hydrogens is 367 g/mol. The third kappa shape index (κ3) is 4.49. The minimum absolute atomic E-state index is 0.377. The third-order valence-corrected chi connectivity index (χ3v) is 4.31. The molecule has 0 saturated carbocycles. The van der Waals surface area contributed by atoms with E-state index >= 15 is 0 Å². The number of imidazole rings is 1. The molecule has 1 heterocycles. The molecule has 0 unspecified atom stereocenters. The minimum Gasteiger partial charge on any atom is -0.331 e. The van der Waals surface area contributed by atoms with E-state index in [0.29, 0.717) is 11.3 Å². The van der Waals surface area contributed by atoms with Crippen molar-refractivity contribution in [2.45, 2.75) is 13.1 Å². The maximum absolute atomic E-state index is 12.6. The molecule has 4 nitrogen and oxygen atoms in total. The second kappa shape index (κ2) is 7.72. The molecule has 3 aromatic rings. The summed E-state index contributed by atoms with van der Waals surface area (Å²) in [6, 6.07) is 11.9. The molecule has 1 aromatic heterocycles. The van der Waals surface area contributed by atoms with Gasteiger partial charge in [-0.25, -0.2) is 4.98 Å². The molecule has 3 rings (SSSR count). The van der Waals surface area contributed by atoms with E-state index in [2.05, 4.69) is 10.3 Å². The summed E-state index contributed by atoms with van der Waals surface area (Å²) in [5, 5.41) is 2.75. The second-order valence-corrected chi connectivity index (χ2v) is 6.27. The largest absolute Gasteiger partial charge is 0.416 e. The monoisotopic (exact) mass is 385 g/mol. The van der Waals surface area contributed by atoms with Gasteiger partial charge in [0.1, 0.15) is 5.82 Å². The Morgan fingerprint density at radius 3 is 2.46 bits per heavy atom. The van der Waals surface area contributed by atoms with Crippen LogP contribution < -0.4 is 5.32 Å². The molecule has 2 aromatic carbocycles. The van der Waals surface area contributed by atoms with Gasteiger partial charge < -0.3 is 9.88 Å². The molecule has 0 aliphatic rings. The number of anilines is 1. The van der Waals surface area contributed by atoms with Crippen molar-refractivity contribution in [3.63, 3.8) is 0 Å². The molecule has 0 aliphatic carbocycles. The summed E-state index contributed by atoms with van der Waals surface area (Å²) >= 11 is 0. The molecule has 0 atom stereocenters. The van der Waals surface area contributed by atoms with Crippen LogP contribution in [0.4, 0.5) is 18.9 Å². The SMILES string of the molecule is Cc1ncc(-c2cccc(NC(=O)C=Cc3ccc(C(F)(F)F)cc3)c2)n1C. The van der Waals surface area contributed by atoms with E-state index in [1.54, 1.807) is 12.3 Å². The molecule has 1 amide bonds. The van der Waals surface area contributed by atoms with E-state index in [0.717, 1.165) is 29.2 Å². The minimum atomic E-state index is -4.38. The summed E-state index contributed by atoms with van der Waals surface area (Å²) in [7, 11) is 1.91. The number of aryl methyl sites for hydroxylation is 1. The third-order valence-electron chi connectivity index (χ3n) is 4.31. The molecule has 144 valence electrons. The van der Waals surface area contributed by atoms with Gasteiger partial charge in [-0.1, -0.05) is 24.3 Å². The van der Waals surface area contributed by atoms with E-state index in [9.17, 15) is 18.0 Å². The van der Waals surface area contributed by atoms with Crippen molar-refractivity contribution in [3.05, 3.63) is 77.8 Å². The first-order valence-electron chi connectivity index (χ1n) is 8.49. The van der Waals surface area contributed by atoms with Crippen LogP contribution in [0.3, 0.4) is 0 Å². The Morgan fingerprint density at radius 1 is 1.14 bits per heavy atom. The maximum Gasteiger partial charge on any atom is 0.416 e. The van der Waals surface area contributed by atoms with Crippen LogP contribution in [0.2, 0.25) is 0 Å². The van der Waals surface area contributed by atoms with Gasteiger partial charge in [0, 0.05) is 24.4 Å². The average molecular weight is 385 g/mol. The summed E-state index contributed by atoms with van der Waals surface area (Å²) in [6.07, 6.45) is 0.130. The van der Waals surface area contributed by atoms with Crippen LogP contribution >= 0.6 is 0 Å². The molecule has 0 spiro atoms. The lowest BCUT2D eigenvalue weighted by Gasteiger charge is -2.07. The number of nitrogens with one attached hydrogen (secondary N) is 1. The van der Waals surface area contributed by atoms with Crippen molar-refractivity contribution >= 4 is 17.7 Å². The van der Waals surface area contributed by atoms with Crippen LogP contribution in [0.15, 0.2) is 60.8 Å². The zero-order valence-corrected chi connectivity index (χ0v) is 15.3. The van der Waals surface area contributed by atoms with Gasteiger partial charge in [0.25, 0.3) is 0 Å². The summed E-state index contributed by atoms with van der Waals surface area (Å²) < 4.78 is 39.7. The van der Waals surface area contributed by atoms with E-state index < -0.39 is 11.7 Å². The number of benzene rings is 2. The molecule has 0 saturated heterocycles. The highest BCUT2D eigenvalue weighted by Gasteiger charge is 2.29. The standard InChI is InChI=1S/C21H18F3N3O/c1-14-25-13-19(27(14)2)16-4-3-5-18(12-16)26-20(28)11-8-15-6-9-17(10-7-15)21(22,23)24/h3-13H,1-2H3,(H,26,28). The fraction of sp³-hybridized carbons (Fsp3) is 0.143. The lowest BCUT2D eigenvalue weighted by atomic mass is 10.1. The number of carbonyl (C=O) groups is 1. The highest BCUT2D eigenvalue weighted by molar-refractivity contribution is 6.02. The van der Waals surface area contributed by atoms with Crippen LogP contribution in [0.5, 0.6) is 0 Å². The van der Waals surface area contributed by atoms with Gasteiger partial charge in [-0.3, -0.25) is 4.79 Å². The molecule has 0 aliphatic heterocycles. The van der Waals surface area contributed by atoms with E-state index in [1.165, 1.54) is 24.3 Å². The van der Waals surface area contributed by atoms with Gasteiger partial charge in [-0.05, 0) is 42.8 Å². The highest BCUT2D eigenvalue weighted by atomic mass is 19.4. The van der Waals surface area contributed by atoms with Crippen molar-refractivity contribution in [2.24, 2.45) is 7.05 Å². The van der Waals surface area contributed by atoms with Crippen LogP contribution in [0, 0.1) is 6.92 Å². The molecule has 28 heavy (non-hydrogen) atoms. The fourth-order valence-electron chi connectivity index (χ4n) is 2.67. The first-order chi connectivity index (χ1) is 13.2. The number of aromatic nitrogens is 2. The number of hydrogen-bond donors (Lipinski definition) is 1. The van der Waals surface area contributed by atoms with Gasteiger partial charge >= 0.3 is 6.18 Å². The summed E-state index contributed by atoms with van der Waals surface area (Å²) in [6.45, 7) is 1.90. The Morgan fingerprint density at radius 2 is 1.86 bits per heavy atom. The van der Waals surface area contributed by atoms with Gasteiger partial charge in [0.05, 0.1) is 17.5 Å². The maximum atomic E-state index is 12.6. The number of nitrogens with zero attached hydrogens (tertiary/aromatic N) is 2. The molecule has 1 N–H and O–H groups in total. The Hall–Kier alpha value is -3.35. The Bertz CT molecular complexity index is 1020. The van der Waals surface area contributed by atoms with Crippen molar-refractivity contribution in [1.82, 2.24) is 9.55 Å². The van der Waals surface area contributed by atoms with Crippen molar-refractivity contribution < 1.29 is 18.0 Å². The van der Waals surface area contributed by atoms with Gasteiger partial charge in [-0.2, -0.15) is 13.2 Å². The molecule has 0 bridgehead atoms. The summed E-state index contributed by atoms with van der Waals surface area (Å²) in [5.74, 6) is 0.502. The zero-order valence-electron chi connectivity index (χ0n) is 15.3. The van der Waals surface area contributed by atoms with Crippen molar-refractivity contribution in [3.8, 4) is 11.3 Å². The highest BCUT2D eigenvalue weighted by Crippen LogP contribution is 2.29. The molecule has 7 heteroatoms. The van der Waals surface area contributed by atoms with Crippen molar-refractivity contribution in [1.29, 1.82) is 0 Å². The zero-order chi connectivity index (χ0) is 20.3. The van der Waals surface area contributed by atoms with Gasteiger partial charge in [0.2, 0.25) is 5.91 Å². The number of halogens is 3. The lowest BCUT2D eigenvalue weighted by molar-refractivity contribution is -0.137. The van der Waals surface area contributed by atoms with E-state index in [4.69, 9.17) is 0 Å². The van der Waals surface area contributed by atoms with Gasteiger partial charge in [0.15, 0.2) is 0 Å². The predicted molar refractivity (Wildman–Crippen MR) is 102 cm³/mol. The lowest BCUT2D eigenvalue weighted by Crippen LogP contribution is -2.08. The average Bonchev–Trinajstić information content (AvgIpc) is 2.99. The Kier molecular flexibility index (Phi) is 5.35. The number of rotatable bonds is 4. The second-order valence-electron chi connectivity index (χ2n) is 6.27. The molecular formula is C21H18F3N3O. The van der Waals surface area contributed by atoms with Crippen LogP contribution in [-0.4, -0.2) is 15.5 Å². The number of carbonyl (C=O) groups excluding carboxylic acids is 1. The number of alkyl halides is 3. The topological polar surface area (TPSA) is 46.9 Å². The molecule has 0 radical (unpaired) electrons. The number of hydrogen-bond acceptors (Lipinski definition) is 2. The van der Waals surface area contributed by atoms with Crippen LogP contribution in [-0.2, 0) is 18.0 Å². The quantitative estimate of drug-likeness (QED) is 0.638. The van der Waals surface area contributed by atoms with Gasteiger partial charge in [-0.15, -0.1) is 0 Å². The molecule has 0 fully saturated rings. The van der Waals surface area contributed by atoms with E-state index in [1.807, 2.05) is 36.7 Å².